The highest BCUT2D eigenvalue weighted by molar-refractivity contribution is 5.62. The zero-order chi connectivity index (χ0) is 12.1. The number of anilines is 2. The maximum absolute atomic E-state index is 5.90. The van der Waals surface area contributed by atoms with Crippen LogP contribution in [0.25, 0.3) is 0 Å². The van der Waals surface area contributed by atoms with Crippen LogP contribution in [0, 0.1) is 12.8 Å². The van der Waals surface area contributed by atoms with Crippen molar-refractivity contribution in [2.45, 2.75) is 45.4 Å². The summed E-state index contributed by atoms with van der Waals surface area (Å²) in [4.78, 5) is 0. The van der Waals surface area contributed by atoms with E-state index in [-0.39, 0.29) is 0 Å². The molecule has 17 heavy (non-hydrogen) atoms. The molecule has 0 amide bonds. The Morgan fingerprint density at radius 1 is 1.24 bits per heavy atom. The Hall–Kier alpha value is -1.18. The summed E-state index contributed by atoms with van der Waals surface area (Å²) in [5.74, 6) is 0.942. The fraction of sp³-hybridized carbons (Fsp3) is 0.600. The normalized spacial score (nSPS) is 17.0. The molecule has 1 aliphatic rings. The van der Waals surface area contributed by atoms with Gasteiger partial charge in [-0.25, -0.2) is 0 Å². The largest absolute Gasteiger partial charge is 0.398 e. The molecule has 2 nitrogen and oxygen atoms in total. The summed E-state index contributed by atoms with van der Waals surface area (Å²) in [6.45, 7) is 3.16. The van der Waals surface area contributed by atoms with Crippen molar-refractivity contribution in [1.82, 2.24) is 0 Å². The van der Waals surface area contributed by atoms with Gasteiger partial charge in [-0.3, -0.25) is 0 Å². The van der Waals surface area contributed by atoms with E-state index in [0.29, 0.717) is 0 Å². The van der Waals surface area contributed by atoms with E-state index in [9.17, 15) is 0 Å². The maximum atomic E-state index is 5.90. The Labute approximate surface area is 105 Å². The van der Waals surface area contributed by atoms with Gasteiger partial charge in [0.05, 0.1) is 0 Å². The van der Waals surface area contributed by atoms with Gasteiger partial charge in [0.15, 0.2) is 0 Å². The van der Waals surface area contributed by atoms with Gasteiger partial charge < -0.3 is 11.1 Å². The van der Waals surface area contributed by atoms with Crippen LogP contribution in [-0.4, -0.2) is 6.54 Å². The molecule has 1 aromatic rings. The molecule has 2 rings (SSSR count). The Bertz CT molecular complexity index is 354. The predicted octanol–water partition coefficient (Wildman–Crippen LogP) is 3.96. The zero-order valence-corrected chi connectivity index (χ0v) is 10.8. The quantitative estimate of drug-likeness (QED) is 0.771. The second-order valence-electron chi connectivity index (χ2n) is 5.24. The maximum Gasteiger partial charge on any atom is 0.0390 e. The molecule has 1 aromatic carbocycles. The van der Waals surface area contributed by atoms with Gasteiger partial charge in [0.2, 0.25) is 0 Å². The Balaban J connectivity index is 1.79. The molecular formula is C15H24N2. The minimum atomic E-state index is 0.882. The average Bonchev–Trinajstić information content (AvgIpc) is 2.36. The Morgan fingerprint density at radius 2 is 2.00 bits per heavy atom. The predicted molar refractivity (Wildman–Crippen MR) is 75.3 cm³/mol. The van der Waals surface area contributed by atoms with Gasteiger partial charge in [-0.2, -0.15) is 0 Å². The lowest BCUT2D eigenvalue weighted by Gasteiger charge is -2.22. The number of rotatable bonds is 4. The van der Waals surface area contributed by atoms with Crippen molar-refractivity contribution in [3.8, 4) is 0 Å². The molecule has 0 bridgehead atoms. The molecule has 0 heterocycles. The number of benzene rings is 1. The van der Waals surface area contributed by atoms with E-state index in [2.05, 4.69) is 18.3 Å². The van der Waals surface area contributed by atoms with Crippen molar-refractivity contribution in [2.75, 3.05) is 17.6 Å². The van der Waals surface area contributed by atoms with Gasteiger partial charge in [-0.15, -0.1) is 0 Å². The number of hydrogen-bond donors (Lipinski definition) is 2. The van der Waals surface area contributed by atoms with E-state index < -0.39 is 0 Å². The van der Waals surface area contributed by atoms with E-state index in [0.717, 1.165) is 18.2 Å². The molecule has 0 saturated heterocycles. The van der Waals surface area contributed by atoms with Crippen LogP contribution < -0.4 is 11.1 Å². The topological polar surface area (TPSA) is 38.0 Å². The van der Waals surface area contributed by atoms with Crippen LogP contribution in [0.5, 0.6) is 0 Å². The van der Waals surface area contributed by atoms with E-state index in [1.54, 1.807) is 0 Å². The summed E-state index contributed by atoms with van der Waals surface area (Å²) in [5, 5.41) is 3.52. The molecule has 0 unspecified atom stereocenters. The van der Waals surface area contributed by atoms with Crippen LogP contribution >= 0.6 is 0 Å². The molecule has 0 spiro atoms. The van der Waals surface area contributed by atoms with Gasteiger partial charge in [0.1, 0.15) is 0 Å². The fourth-order valence-electron chi connectivity index (χ4n) is 2.73. The van der Waals surface area contributed by atoms with Crippen LogP contribution in [0.3, 0.4) is 0 Å². The van der Waals surface area contributed by atoms with Crippen molar-refractivity contribution >= 4 is 11.4 Å². The van der Waals surface area contributed by atoms with E-state index >= 15 is 0 Å². The molecular weight excluding hydrogens is 208 g/mol. The number of hydrogen-bond acceptors (Lipinski definition) is 2. The minimum absolute atomic E-state index is 0.882. The van der Waals surface area contributed by atoms with Crippen molar-refractivity contribution in [3.63, 3.8) is 0 Å². The highest BCUT2D eigenvalue weighted by Crippen LogP contribution is 2.26. The molecule has 1 aliphatic carbocycles. The van der Waals surface area contributed by atoms with Gasteiger partial charge in [-0.1, -0.05) is 38.2 Å². The molecule has 0 atom stereocenters. The molecule has 0 aromatic heterocycles. The van der Waals surface area contributed by atoms with Crippen LogP contribution in [0.1, 0.15) is 44.1 Å². The average molecular weight is 232 g/mol. The Morgan fingerprint density at radius 3 is 2.76 bits per heavy atom. The van der Waals surface area contributed by atoms with Gasteiger partial charge in [0, 0.05) is 17.9 Å². The molecule has 0 radical (unpaired) electrons. The highest BCUT2D eigenvalue weighted by Gasteiger charge is 2.12. The number of nitrogen functional groups attached to an aromatic ring is 1. The van der Waals surface area contributed by atoms with E-state index in [4.69, 9.17) is 5.73 Å². The lowest BCUT2D eigenvalue weighted by atomic mass is 9.87. The zero-order valence-electron chi connectivity index (χ0n) is 10.8. The molecule has 94 valence electrons. The summed E-state index contributed by atoms with van der Waals surface area (Å²) in [7, 11) is 0. The van der Waals surface area contributed by atoms with Crippen molar-refractivity contribution in [1.29, 1.82) is 0 Å². The number of nitrogens with two attached hydrogens (primary N) is 1. The number of nitrogens with one attached hydrogen (secondary N) is 1. The summed E-state index contributed by atoms with van der Waals surface area (Å²) in [6, 6.07) is 6.10. The fourth-order valence-corrected chi connectivity index (χ4v) is 2.73. The Kier molecular flexibility index (Phi) is 4.29. The smallest absolute Gasteiger partial charge is 0.0390 e. The lowest BCUT2D eigenvalue weighted by Crippen LogP contribution is -2.12. The minimum Gasteiger partial charge on any atom is -0.398 e. The van der Waals surface area contributed by atoms with E-state index in [1.165, 1.54) is 49.8 Å². The third-order valence-corrected chi connectivity index (χ3v) is 3.97. The first-order chi connectivity index (χ1) is 8.27. The van der Waals surface area contributed by atoms with Crippen molar-refractivity contribution < 1.29 is 0 Å². The molecule has 1 fully saturated rings. The summed E-state index contributed by atoms with van der Waals surface area (Å²) < 4.78 is 0. The second-order valence-corrected chi connectivity index (χ2v) is 5.24. The van der Waals surface area contributed by atoms with Crippen LogP contribution in [0.15, 0.2) is 18.2 Å². The summed E-state index contributed by atoms with van der Waals surface area (Å²) in [5.41, 5.74) is 9.15. The monoisotopic (exact) mass is 232 g/mol. The SMILES string of the molecule is Cc1c(N)cccc1NCCC1CCCCC1. The van der Waals surface area contributed by atoms with Gasteiger partial charge in [0.25, 0.3) is 0 Å². The molecule has 0 aliphatic heterocycles. The van der Waals surface area contributed by atoms with Gasteiger partial charge in [-0.05, 0) is 37.0 Å². The third kappa shape index (κ3) is 3.39. The van der Waals surface area contributed by atoms with Crippen LogP contribution in [0.4, 0.5) is 11.4 Å². The van der Waals surface area contributed by atoms with E-state index in [1.807, 2.05) is 12.1 Å². The first-order valence-electron chi connectivity index (χ1n) is 6.86. The molecule has 2 heteroatoms. The van der Waals surface area contributed by atoms with Crippen LogP contribution in [-0.2, 0) is 0 Å². The molecule has 3 N–H and O–H groups in total. The first kappa shape index (κ1) is 12.3. The molecule has 1 saturated carbocycles. The highest BCUT2D eigenvalue weighted by atomic mass is 14.9. The second kappa shape index (κ2) is 5.95. The van der Waals surface area contributed by atoms with Crippen molar-refractivity contribution in [2.24, 2.45) is 5.92 Å². The van der Waals surface area contributed by atoms with Crippen molar-refractivity contribution in [3.05, 3.63) is 23.8 Å². The van der Waals surface area contributed by atoms with Crippen LogP contribution in [0.2, 0.25) is 0 Å². The first-order valence-corrected chi connectivity index (χ1v) is 6.86. The summed E-state index contributed by atoms with van der Waals surface area (Å²) in [6.07, 6.45) is 8.46. The third-order valence-electron chi connectivity index (χ3n) is 3.97. The lowest BCUT2D eigenvalue weighted by molar-refractivity contribution is 0.345. The van der Waals surface area contributed by atoms with Gasteiger partial charge >= 0.3 is 0 Å². The standard InChI is InChI=1S/C15H24N2/c1-12-14(16)8-5-9-15(12)17-11-10-13-6-3-2-4-7-13/h5,8-9,13,17H,2-4,6-7,10-11,16H2,1H3. The summed E-state index contributed by atoms with van der Waals surface area (Å²) >= 11 is 0.